The van der Waals surface area contributed by atoms with E-state index in [1.165, 1.54) is 0 Å². The summed E-state index contributed by atoms with van der Waals surface area (Å²) in [4.78, 5) is 0. The second-order valence-electron chi connectivity index (χ2n) is 3.98. The molecule has 1 unspecified atom stereocenters. The average molecular weight is 216 g/mol. The zero-order valence-corrected chi connectivity index (χ0v) is 9.59. The minimum Gasteiger partial charge on any atom is -0.395 e. The standard InChI is InChI=1S/C13H16N2O/c1-10-8-13(15(2)14-10)12(9-16)11-6-4-3-5-7-11/h3-8,12,16H,9H2,1-2H3. The van der Waals surface area contributed by atoms with Crippen molar-refractivity contribution in [3.05, 3.63) is 53.3 Å². The Labute approximate surface area is 95.3 Å². The monoisotopic (exact) mass is 216 g/mol. The zero-order chi connectivity index (χ0) is 11.5. The topological polar surface area (TPSA) is 38.0 Å². The quantitative estimate of drug-likeness (QED) is 0.850. The van der Waals surface area contributed by atoms with Crippen molar-refractivity contribution in [2.75, 3.05) is 6.61 Å². The largest absolute Gasteiger partial charge is 0.395 e. The summed E-state index contributed by atoms with van der Waals surface area (Å²) in [5, 5.41) is 13.8. The summed E-state index contributed by atoms with van der Waals surface area (Å²) >= 11 is 0. The van der Waals surface area contributed by atoms with Gasteiger partial charge < -0.3 is 5.11 Å². The van der Waals surface area contributed by atoms with Gasteiger partial charge in [-0.3, -0.25) is 4.68 Å². The normalized spacial score (nSPS) is 12.7. The van der Waals surface area contributed by atoms with Crippen molar-refractivity contribution in [2.45, 2.75) is 12.8 Å². The molecule has 0 fully saturated rings. The highest BCUT2D eigenvalue weighted by Crippen LogP contribution is 2.23. The van der Waals surface area contributed by atoms with E-state index in [-0.39, 0.29) is 12.5 Å². The molecule has 0 aliphatic rings. The number of aromatic nitrogens is 2. The van der Waals surface area contributed by atoms with Crippen molar-refractivity contribution in [1.82, 2.24) is 9.78 Å². The van der Waals surface area contributed by atoms with Gasteiger partial charge in [0, 0.05) is 18.7 Å². The number of nitrogens with zero attached hydrogens (tertiary/aromatic N) is 2. The van der Waals surface area contributed by atoms with Gasteiger partial charge >= 0.3 is 0 Å². The van der Waals surface area contributed by atoms with Crippen LogP contribution in [0.25, 0.3) is 0 Å². The third-order valence-electron chi connectivity index (χ3n) is 2.78. The molecule has 2 rings (SSSR count). The van der Waals surface area contributed by atoms with Gasteiger partial charge in [0.1, 0.15) is 0 Å². The average Bonchev–Trinajstić information content (AvgIpc) is 2.61. The molecule has 1 N–H and O–H groups in total. The summed E-state index contributed by atoms with van der Waals surface area (Å²) in [5.41, 5.74) is 3.14. The lowest BCUT2D eigenvalue weighted by atomic mass is 9.96. The Morgan fingerprint density at radius 2 is 2.00 bits per heavy atom. The van der Waals surface area contributed by atoms with Crippen LogP contribution >= 0.6 is 0 Å². The Kier molecular flexibility index (Phi) is 3.06. The molecule has 0 aliphatic carbocycles. The molecule has 0 amide bonds. The highest BCUT2D eigenvalue weighted by Gasteiger charge is 2.16. The van der Waals surface area contributed by atoms with Crippen LogP contribution in [0.1, 0.15) is 22.9 Å². The fraction of sp³-hybridized carbons (Fsp3) is 0.308. The highest BCUT2D eigenvalue weighted by atomic mass is 16.3. The van der Waals surface area contributed by atoms with Gasteiger partial charge in [-0.25, -0.2) is 0 Å². The van der Waals surface area contributed by atoms with E-state index in [2.05, 4.69) is 5.10 Å². The molecule has 1 aromatic carbocycles. The first kappa shape index (κ1) is 10.9. The lowest BCUT2D eigenvalue weighted by Crippen LogP contribution is -2.10. The van der Waals surface area contributed by atoms with E-state index in [0.29, 0.717) is 0 Å². The lowest BCUT2D eigenvalue weighted by molar-refractivity contribution is 0.276. The number of hydrogen-bond donors (Lipinski definition) is 1. The summed E-state index contributed by atoms with van der Waals surface area (Å²) in [5.74, 6) is 0.00685. The van der Waals surface area contributed by atoms with Crippen molar-refractivity contribution in [2.24, 2.45) is 7.05 Å². The molecule has 1 aromatic heterocycles. The Hall–Kier alpha value is -1.61. The number of aryl methyl sites for hydroxylation is 2. The summed E-state index contributed by atoms with van der Waals surface area (Å²) in [7, 11) is 1.91. The predicted octanol–water partition coefficient (Wildman–Crippen LogP) is 1.85. The molecule has 3 nitrogen and oxygen atoms in total. The number of aliphatic hydroxyl groups excluding tert-OH is 1. The molecule has 1 heterocycles. The van der Waals surface area contributed by atoms with E-state index >= 15 is 0 Å². The first-order valence-corrected chi connectivity index (χ1v) is 5.38. The fourth-order valence-electron chi connectivity index (χ4n) is 2.01. The van der Waals surface area contributed by atoms with Crippen LogP contribution in [0, 0.1) is 6.92 Å². The van der Waals surface area contributed by atoms with Gasteiger partial charge in [-0.05, 0) is 18.6 Å². The van der Waals surface area contributed by atoms with E-state index in [1.54, 1.807) is 0 Å². The first-order valence-electron chi connectivity index (χ1n) is 5.38. The summed E-state index contributed by atoms with van der Waals surface area (Å²) in [6, 6.07) is 12.0. The van der Waals surface area contributed by atoms with Crippen LogP contribution in [0.5, 0.6) is 0 Å². The number of aliphatic hydroxyl groups is 1. The maximum Gasteiger partial charge on any atom is 0.0596 e. The Morgan fingerprint density at radius 3 is 2.50 bits per heavy atom. The molecule has 1 atom stereocenters. The second kappa shape index (κ2) is 4.49. The van der Waals surface area contributed by atoms with Crippen LogP contribution < -0.4 is 0 Å². The van der Waals surface area contributed by atoms with Gasteiger partial charge in [-0.2, -0.15) is 5.10 Å². The minimum atomic E-state index is 0.00685. The Morgan fingerprint density at radius 1 is 1.31 bits per heavy atom. The third kappa shape index (κ3) is 1.99. The third-order valence-corrected chi connectivity index (χ3v) is 2.78. The van der Waals surface area contributed by atoms with E-state index in [0.717, 1.165) is 17.0 Å². The lowest BCUT2D eigenvalue weighted by Gasteiger charge is -2.14. The number of benzene rings is 1. The van der Waals surface area contributed by atoms with Crippen molar-refractivity contribution < 1.29 is 5.11 Å². The van der Waals surface area contributed by atoms with E-state index < -0.39 is 0 Å². The molecule has 0 aliphatic heterocycles. The van der Waals surface area contributed by atoms with Crippen molar-refractivity contribution in [1.29, 1.82) is 0 Å². The number of hydrogen-bond acceptors (Lipinski definition) is 2. The van der Waals surface area contributed by atoms with Gasteiger partial charge in [-0.1, -0.05) is 30.3 Å². The van der Waals surface area contributed by atoms with Crippen LogP contribution in [0.2, 0.25) is 0 Å². The molecule has 84 valence electrons. The maximum absolute atomic E-state index is 9.53. The van der Waals surface area contributed by atoms with Gasteiger partial charge in [0.25, 0.3) is 0 Å². The van der Waals surface area contributed by atoms with Crippen molar-refractivity contribution in [3.63, 3.8) is 0 Å². The second-order valence-corrected chi connectivity index (χ2v) is 3.98. The van der Waals surface area contributed by atoms with Gasteiger partial charge in [0.15, 0.2) is 0 Å². The van der Waals surface area contributed by atoms with Crippen LogP contribution in [-0.2, 0) is 7.05 Å². The Bertz CT molecular complexity index is 462. The zero-order valence-electron chi connectivity index (χ0n) is 9.59. The highest BCUT2D eigenvalue weighted by molar-refractivity contribution is 5.29. The fourth-order valence-corrected chi connectivity index (χ4v) is 2.01. The summed E-state index contributed by atoms with van der Waals surface area (Å²) in [6.45, 7) is 2.06. The molecular formula is C13H16N2O. The molecule has 0 spiro atoms. The molecule has 16 heavy (non-hydrogen) atoms. The van der Waals surface area contributed by atoms with Crippen molar-refractivity contribution in [3.8, 4) is 0 Å². The molecule has 3 heteroatoms. The molecule has 0 saturated carbocycles. The molecule has 0 bridgehead atoms. The first-order chi connectivity index (χ1) is 7.72. The molecule has 0 saturated heterocycles. The number of rotatable bonds is 3. The summed E-state index contributed by atoms with van der Waals surface area (Å²) < 4.78 is 1.84. The van der Waals surface area contributed by atoms with Crippen LogP contribution in [-0.4, -0.2) is 21.5 Å². The van der Waals surface area contributed by atoms with Crippen LogP contribution in [0.3, 0.4) is 0 Å². The smallest absolute Gasteiger partial charge is 0.0596 e. The van der Waals surface area contributed by atoms with Gasteiger partial charge in [-0.15, -0.1) is 0 Å². The van der Waals surface area contributed by atoms with Crippen molar-refractivity contribution >= 4 is 0 Å². The van der Waals surface area contributed by atoms with E-state index in [9.17, 15) is 5.11 Å². The molecule has 0 radical (unpaired) electrons. The van der Waals surface area contributed by atoms with Gasteiger partial charge in [0.05, 0.1) is 12.3 Å². The minimum absolute atomic E-state index is 0.00685. The predicted molar refractivity (Wildman–Crippen MR) is 63.3 cm³/mol. The van der Waals surface area contributed by atoms with Crippen LogP contribution in [0.15, 0.2) is 36.4 Å². The molecule has 2 aromatic rings. The maximum atomic E-state index is 9.53. The van der Waals surface area contributed by atoms with E-state index in [4.69, 9.17) is 0 Å². The SMILES string of the molecule is Cc1cc(C(CO)c2ccccc2)n(C)n1. The Balaban J connectivity index is 2.40. The summed E-state index contributed by atoms with van der Waals surface area (Å²) in [6.07, 6.45) is 0. The van der Waals surface area contributed by atoms with Gasteiger partial charge in [0.2, 0.25) is 0 Å². The van der Waals surface area contributed by atoms with E-state index in [1.807, 2.05) is 55.1 Å². The molecular weight excluding hydrogens is 200 g/mol. The van der Waals surface area contributed by atoms with Crippen LogP contribution in [0.4, 0.5) is 0 Å².